The lowest BCUT2D eigenvalue weighted by atomic mass is 10.0. The molecule has 1 aliphatic heterocycles. The normalized spacial score (nSPS) is 14.0. The van der Waals surface area contributed by atoms with Gasteiger partial charge in [0.05, 0.1) is 12.0 Å². The van der Waals surface area contributed by atoms with E-state index in [0.717, 1.165) is 38.9 Å². The highest BCUT2D eigenvalue weighted by Crippen LogP contribution is 2.37. The average molecular weight is 543 g/mol. The number of nitrogens with zero attached hydrogens (tertiary/aromatic N) is 1. The molecule has 8 heteroatoms. The third kappa shape index (κ3) is 6.97. The van der Waals surface area contributed by atoms with Gasteiger partial charge in [-0.1, -0.05) is 42.5 Å². The Morgan fingerprint density at radius 1 is 1.05 bits per heavy atom. The minimum atomic E-state index is -0.519. The molecule has 39 heavy (non-hydrogen) atoms. The van der Waals surface area contributed by atoms with E-state index in [1.54, 1.807) is 25.3 Å². The summed E-state index contributed by atoms with van der Waals surface area (Å²) in [7, 11) is 1.55. The van der Waals surface area contributed by atoms with Crippen molar-refractivity contribution in [2.24, 2.45) is 0 Å². The van der Waals surface area contributed by atoms with Crippen molar-refractivity contribution in [3.8, 4) is 11.5 Å². The molecule has 0 atom stereocenters. The predicted octanol–water partition coefficient (Wildman–Crippen LogP) is 6.29. The van der Waals surface area contributed by atoms with Gasteiger partial charge in [-0.3, -0.25) is 19.3 Å². The molecule has 0 bridgehead atoms. The number of amides is 3. The number of allylic oxidation sites excluding steroid dienone is 1. The van der Waals surface area contributed by atoms with Crippen LogP contribution in [-0.2, 0) is 22.6 Å². The number of ether oxygens (including phenoxy) is 2. The minimum absolute atomic E-state index is 0.226. The molecular formula is C31H30N2O5S. The van der Waals surface area contributed by atoms with Gasteiger partial charge in [0.25, 0.3) is 11.1 Å². The molecule has 3 amide bonds. The van der Waals surface area contributed by atoms with E-state index in [1.807, 2.05) is 68.4 Å². The Labute approximate surface area is 232 Å². The standard InChI is InChI=1S/C31H30N2O5S/c1-5-9-24-15-23(16-26(37-4)29(24)38-19-22-10-7-6-8-11-22)17-27-30(35)33(31(36)39-27)18-28(34)32-25-13-20(2)12-21(3)14-25/h5-8,10-17H,1,9,18-19H2,2-4H3,(H,32,34)/b27-17-. The van der Waals surface area contributed by atoms with E-state index >= 15 is 0 Å². The number of benzene rings is 3. The van der Waals surface area contributed by atoms with Crippen molar-refractivity contribution in [1.82, 2.24) is 4.90 Å². The van der Waals surface area contributed by atoms with Crippen molar-refractivity contribution in [3.63, 3.8) is 0 Å². The minimum Gasteiger partial charge on any atom is -0.493 e. The van der Waals surface area contributed by atoms with Gasteiger partial charge in [0.1, 0.15) is 13.2 Å². The number of rotatable bonds is 10. The van der Waals surface area contributed by atoms with Crippen molar-refractivity contribution in [3.05, 3.63) is 106 Å². The summed E-state index contributed by atoms with van der Waals surface area (Å²) in [5.74, 6) is 0.130. The summed E-state index contributed by atoms with van der Waals surface area (Å²) in [5, 5.41) is 2.27. The van der Waals surface area contributed by atoms with Gasteiger partial charge < -0.3 is 14.8 Å². The van der Waals surface area contributed by atoms with E-state index in [9.17, 15) is 14.4 Å². The molecule has 1 saturated heterocycles. The molecule has 1 aliphatic rings. The van der Waals surface area contributed by atoms with Gasteiger partial charge in [0.2, 0.25) is 5.91 Å². The number of carbonyl (C=O) groups is 3. The molecule has 0 saturated carbocycles. The summed E-state index contributed by atoms with van der Waals surface area (Å²) in [5.41, 5.74) is 5.14. The Morgan fingerprint density at radius 2 is 1.77 bits per heavy atom. The molecule has 0 aromatic heterocycles. The third-order valence-corrected chi connectivity index (χ3v) is 6.85. The van der Waals surface area contributed by atoms with Crippen LogP contribution in [0.25, 0.3) is 6.08 Å². The predicted molar refractivity (Wildman–Crippen MR) is 155 cm³/mol. The van der Waals surface area contributed by atoms with Gasteiger partial charge in [0.15, 0.2) is 11.5 Å². The molecule has 3 aromatic rings. The third-order valence-electron chi connectivity index (χ3n) is 5.94. The second-order valence-electron chi connectivity index (χ2n) is 9.17. The van der Waals surface area contributed by atoms with Crippen molar-refractivity contribution in [2.45, 2.75) is 26.9 Å². The molecule has 1 fully saturated rings. The maximum atomic E-state index is 13.1. The molecule has 200 valence electrons. The van der Waals surface area contributed by atoms with Crippen LogP contribution in [0.3, 0.4) is 0 Å². The molecule has 0 aliphatic carbocycles. The number of thioether (sulfide) groups is 1. The SMILES string of the molecule is C=CCc1cc(/C=C2\SC(=O)N(CC(=O)Nc3cc(C)cc(C)c3)C2=O)cc(OC)c1OCc1ccccc1. The van der Waals surface area contributed by atoms with Crippen LogP contribution in [0.4, 0.5) is 10.5 Å². The first kappa shape index (κ1) is 27.7. The molecule has 7 nitrogen and oxygen atoms in total. The molecule has 0 unspecified atom stereocenters. The first-order valence-corrected chi connectivity index (χ1v) is 13.2. The lowest BCUT2D eigenvalue weighted by Gasteiger charge is -2.16. The van der Waals surface area contributed by atoms with Crippen LogP contribution in [0.1, 0.15) is 27.8 Å². The van der Waals surface area contributed by atoms with Crippen molar-refractivity contribution in [2.75, 3.05) is 19.0 Å². The Morgan fingerprint density at radius 3 is 2.44 bits per heavy atom. The van der Waals surface area contributed by atoms with Gasteiger partial charge >= 0.3 is 0 Å². The zero-order valence-corrected chi connectivity index (χ0v) is 23.0. The zero-order valence-electron chi connectivity index (χ0n) is 22.2. The van der Waals surface area contributed by atoms with Crippen molar-refractivity contribution >= 4 is 40.6 Å². The number of methoxy groups -OCH3 is 1. The highest BCUT2D eigenvalue weighted by atomic mass is 32.2. The molecule has 1 N–H and O–H groups in total. The highest BCUT2D eigenvalue weighted by molar-refractivity contribution is 8.18. The van der Waals surface area contributed by atoms with Gasteiger partial charge in [-0.15, -0.1) is 6.58 Å². The van der Waals surface area contributed by atoms with Crippen molar-refractivity contribution < 1.29 is 23.9 Å². The summed E-state index contributed by atoms with van der Waals surface area (Å²) in [6, 6.07) is 19.1. The van der Waals surface area contributed by atoms with Crippen LogP contribution in [-0.4, -0.2) is 35.6 Å². The average Bonchev–Trinajstić information content (AvgIpc) is 3.15. The van der Waals surface area contributed by atoms with E-state index in [-0.39, 0.29) is 11.4 Å². The van der Waals surface area contributed by atoms with Crippen LogP contribution >= 0.6 is 11.8 Å². The van der Waals surface area contributed by atoms with Gasteiger partial charge in [-0.2, -0.15) is 0 Å². The van der Waals surface area contributed by atoms with Crippen LogP contribution in [0.15, 0.2) is 78.2 Å². The van der Waals surface area contributed by atoms with E-state index in [2.05, 4.69) is 11.9 Å². The Bertz CT molecular complexity index is 1430. The van der Waals surface area contributed by atoms with Crippen LogP contribution in [0.2, 0.25) is 0 Å². The summed E-state index contributed by atoms with van der Waals surface area (Å²) >= 11 is 0.801. The molecule has 3 aromatic carbocycles. The number of hydrogen-bond acceptors (Lipinski definition) is 6. The first-order chi connectivity index (χ1) is 18.8. The summed E-state index contributed by atoms with van der Waals surface area (Å²) in [6.45, 7) is 7.70. The number of nitrogens with one attached hydrogen (secondary N) is 1. The van der Waals surface area contributed by atoms with Crippen molar-refractivity contribution in [1.29, 1.82) is 0 Å². The Hall–Kier alpha value is -4.30. The van der Waals surface area contributed by atoms with Gasteiger partial charge in [0, 0.05) is 11.3 Å². The second-order valence-corrected chi connectivity index (χ2v) is 10.2. The van der Waals surface area contributed by atoms with E-state index in [4.69, 9.17) is 9.47 Å². The lowest BCUT2D eigenvalue weighted by molar-refractivity contribution is -0.127. The largest absolute Gasteiger partial charge is 0.493 e. The summed E-state index contributed by atoms with van der Waals surface area (Å²) in [4.78, 5) is 39.5. The van der Waals surface area contributed by atoms with Crippen LogP contribution in [0, 0.1) is 13.8 Å². The second kappa shape index (κ2) is 12.5. The summed E-state index contributed by atoms with van der Waals surface area (Å²) < 4.78 is 11.7. The topological polar surface area (TPSA) is 84.9 Å². The van der Waals surface area contributed by atoms with Crippen LogP contribution in [0.5, 0.6) is 11.5 Å². The number of aryl methyl sites for hydroxylation is 2. The fourth-order valence-corrected chi connectivity index (χ4v) is 5.14. The zero-order chi connectivity index (χ0) is 27.9. The maximum absolute atomic E-state index is 13.1. The first-order valence-electron chi connectivity index (χ1n) is 12.4. The molecule has 0 spiro atoms. The molecular weight excluding hydrogens is 512 g/mol. The van der Waals surface area contributed by atoms with E-state index < -0.39 is 17.1 Å². The number of anilines is 1. The fraction of sp³-hybridized carbons (Fsp3) is 0.194. The monoisotopic (exact) mass is 542 g/mol. The lowest BCUT2D eigenvalue weighted by Crippen LogP contribution is -2.36. The molecule has 1 heterocycles. The Kier molecular flexibility index (Phi) is 8.88. The van der Waals surface area contributed by atoms with Gasteiger partial charge in [-0.05, 0) is 84.6 Å². The maximum Gasteiger partial charge on any atom is 0.294 e. The number of imide groups is 1. The smallest absolute Gasteiger partial charge is 0.294 e. The quantitative estimate of drug-likeness (QED) is 0.239. The summed E-state index contributed by atoms with van der Waals surface area (Å²) in [6.07, 6.45) is 3.90. The highest BCUT2D eigenvalue weighted by Gasteiger charge is 2.36. The fourth-order valence-electron chi connectivity index (χ4n) is 4.30. The molecule has 4 rings (SSSR count). The molecule has 0 radical (unpaired) electrons. The number of hydrogen-bond donors (Lipinski definition) is 1. The Balaban J connectivity index is 1.52. The van der Waals surface area contributed by atoms with Gasteiger partial charge in [-0.25, -0.2) is 0 Å². The van der Waals surface area contributed by atoms with E-state index in [0.29, 0.717) is 35.8 Å². The van der Waals surface area contributed by atoms with Crippen LogP contribution < -0.4 is 14.8 Å². The van der Waals surface area contributed by atoms with E-state index in [1.165, 1.54) is 0 Å². The number of carbonyl (C=O) groups excluding carboxylic acids is 3.